The molecule has 0 aliphatic rings. The van der Waals surface area contributed by atoms with Gasteiger partial charge in [0.05, 0.1) is 17.1 Å². The third kappa shape index (κ3) is 2.38. The van der Waals surface area contributed by atoms with E-state index in [2.05, 4.69) is 10.4 Å². The van der Waals surface area contributed by atoms with Crippen molar-refractivity contribution in [3.05, 3.63) is 35.5 Å². The summed E-state index contributed by atoms with van der Waals surface area (Å²) in [6.07, 6.45) is 0. The number of anilines is 3. The van der Waals surface area contributed by atoms with Gasteiger partial charge < -0.3 is 11.1 Å². The minimum Gasteiger partial charge on any atom is -0.394 e. The number of nitrogen functional groups attached to an aromatic ring is 1. The van der Waals surface area contributed by atoms with Gasteiger partial charge in [0.25, 0.3) is 0 Å². The number of nitrogens with one attached hydrogen (secondary N) is 1. The van der Waals surface area contributed by atoms with Crippen molar-refractivity contribution in [1.29, 1.82) is 0 Å². The lowest BCUT2D eigenvalue weighted by Gasteiger charge is -2.14. The van der Waals surface area contributed by atoms with E-state index in [1.165, 1.54) is 12.1 Å². The van der Waals surface area contributed by atoms with Crippen LogP contribution in [-0.2, 0) is 0 Å². The number of hydrogen-bond donors (Lipinski definition) is 2. The van der Waals surface area contributed by atoms with Crippen LogP contribution in [0.3, 0.4) is 0 Å². The monoisotopic (exact) mass is 266 g/mol. The Labute approximate surface area is 110 Å². The molecule has 2 aromatic rings. The molecule has 6 heteroatoms. The SMILES string of the molecule is Cc1nn(C(C)C)c(Nc2cccc(F)c2F)c1N. The number of hydrogen-bond acceptors (Lipinski definition) is 3. The maximum atomic E-state index is 13.7. The number of aryl methyl sites for hydroxylation is 1. The lowest BCUT2D eigenvalue weighted by Crippen LogP contribution is -2.09. The van der Waals surface area contributed by atoms with E-state index in [0.717, 1.165) is 6.07 Å². The van der Waals surface area contributed by atoms with Gasteiger partial charge in [-0.05, 0) is 32.9 Å². The Morgan fingerprint density at radius 2 is 2.00 bits per heavy atom. The molecule has 2 rings (SSSR count). The molecule has 0 atom stereocenters. The predicted molar refractivity (Wildman–Crippen MR) is 71.4 cm³/mol. The maximum Gasteiger partial charge on any atom is 0.182 e. The van der Waals surface area contributed by atoms with Crippen molar-refractivity contribution in [2.45, 2.75) is 26.8 Å². The highest BCUT2D eigenvalue weighted by molar-refractivity contribution is 5.71. The molecule has 1 aromatic carbocycles. The molecule has 102 valence electrons. The van der Waals surface area contributed by atoms with Crippen molar-refractivity contribution in [2.24, 2.45) is 0 Å². The highest BCUT2D eigenvalue weighted by Gasteiger charge is 2.17. The Kier molecular flexibility index (Phi) is 3.42. The maximum absolute atomic E-state index is 13.7. The van der Waals surface area contributed by atoms with E-state index in [9.17, 15) is 8.78 Å². The van der Waals surface area contributed by atoms with Gasteiger partial charge in [-0.25, -0.2) is 13.5 Å². The van der Waals surface area contributed by atoms with Gasteiger partial charge in [0.2, 0.25) is 0 Å². The van der Waals surface area contributed by atoms with E-state index in [-0.39, 0.29) is 11.7 Å². The third-order valence-corrected chi connectivity index (χ3v) is 2.83. The van der Waals surface area contributed by atoms with Crippen LogP contribution in [0.4, 0.5) is 26.0 Å². The van der Waals surface area contributed by atoms with Crippen molar-refractivity contribution in [3.63, 3.8) is 0 Å². The number of rotatable bonds is 3. The third-order valence-electron chi connectivity index (χ3n) is 2.83. The van der Waals surface area contributed by atoms with Crippen molar-refractivity contribution in [2.75, 3.05) is 11.1 Å². The quantitative estimate of drug-likeness (QED) is 0.895. The van der Waals surface area contributed by atoms with Crippen LogP contribution in [0, 0.1) is 18.6 Å². The summed E-state index contributed by atoms with van der Waals surface area (Å²) in [6, 6.07) is 4.00. The van der Waals surface area contributed by atoms with Gasteiger partial charge in [0.15, 0.2) is 17.5 Å². The van der Waals surface area contributed by atoms with E-state index in [0.29, 0.717) is 17.2 Å². The Morgan fingerprint density at radius 3 is 2.63 bits per heavy atom. The smallest absolute Gasteiger partial charge is 0.182 e. The van der Waals surface area contributed by atoms with Gasteiger partial charge in [-0.15, -0.1) is 0 Å². The average molecular weight is 266 g/mol. The first kappa shape index (κ1) is 13.3. The molecule has 0 radical (unpaired) electrons. The number of nitrogens with zero attached hydrogens (tertiary/aromatic N) is 2. The second-order valence-corrected chi connectivity index (χ2v) is 4.61. The molecule has 19 heavy (non-hydrogen) atoms. The summed E-state index contributed by atoms with van der Waals surface area (Å²) in [5.74, 6) is -1.37. The number of aromatic nitrogens is 2. The van der Waals surface area contributed by atoms with Crippen LogP contribution in [0.15, 0.2) is 18.2 Å². The first-order chi connectivity index (χ1) is 8.91. The molecular formula is C13H16F2N4. The van der Waals surface area contributed by atoms with Crippen molar-refractivity contribution in [3.8, 4) is 0 Å². The highest BCUT2D eigenvalue weighted by atomic mass is 19.2. The van der Waals surface area contributed by atoms with Gasteiger partial charge >= 0.3 is 0 Å². The molecule has 0 saturated heterocycles. The summed E-state index contributed by atoms with van der Waals surface area (Å²) >= 11 is 0. The first-order valence-corrected chi connectivity index (χ1v) is 5.97. The molecular weight excluding hydrogens is 250 g/mol. The number of nitrogens with two attached hydrogens (primary N) is 1. The van der Waals surface area contributed by atoms with E-state index in [1.807, 2.05) is 13.8 Å². The van der Waals surface area contributed by atoms with Crippen molar-refractivity contribution in [1.82, 2.24) is 9.78 Å². The van der Waals surface area contributed by atoms with Gasteiger partial charge in [-0.2, -0.15) is 5.10 Å². The average Bonchev–Trinajstić information content (AvgIpc) is 2.63. The number of halogens is 2. The molecule has 0 aliphatic carbocycles. The number of benzene rings is 1. The Hall–Kier alpha value is -2.11. The van der Waals surface area contributed by atoms with Crippen LogP contribution < -0.4 is 11.1 Å². The fraction of sp³-hybridized carbons (Fsp3) is 0.308. The summed E-state index contributed by atoms with van der Waals surface area (Å²) in [6.45, 7) is 5.62. The summed E-state index contributed by atoms with van der Waals surface area (Å²) in [5, 5.41) is 7.08. The summed E-state index contributed by atoms with van der Waals surface area (Å²) in [7, 11) is 0. The molecule has 1 heterocycles. The van der Waals surface area contributed by atoms with Crippen LogP contribution in [0.1, 0.15) is 25.6 Å². The van der Waals surface area contributed by atoms with Gasteiger partial charge in [-0.3, -0.25) is 0 Å². The largest absolute Gasteiger partial charge is 0.394 e. The molecule has 0 bridgehead atoms. The normalized spacial score (nSPS) is 11.1. The zero-order chi connectivity index (χ0) is 14.2. The minimum absolute atomic E-state index is 0.0356. The molecule has 0 spiro atoms. The lowest BCUT2D eigenvalue weighted by atomic mass is 10.3. The van der Waals surface area contributed by atoms with Gasteiger partial charge in [-0.1, -0.05) is 6.07 Å². The highest BCUT2D eigenvalue weighted by Crippen LogP contribution is 2.30. The molecule has 0 unspecified atom stereocenters. The van der Waals surface area contributed by atoms with Crippen LogP contribution in [0.5, 0.6) is 0 Å². The molecule has 1 aromatic heterocycles. The summed E-state index contributed by atoms with van der Waals surface area (Å²) in [5.41, 5.74) is 7.03. The predicted octanol–water partition coefficient (Wildman–Crippen LogP) is 3.38. The first-order valence-electron chi connectivity index (χ1n) is 5.97. The fourth-order valence-corrected chi connectivity index (χ4v) is 1.79. The Bertz CT molecular complexity index is 605. The zero-order valence-electron chi connectivity index (χ0n) is 11.0. The van der Waals surface area contributed by atoms with Gasteiger partial charge in [0, 0.05) is 6.04 Å². The van der Waals surface area contributed by atoms with E-state index < -0.39 is 11.6 Å². The van der Waals surface area contributed by atoms with Gasteiger partial charge in [0.1, 0.15) is 0 Å². The minimum atomic E-state index is -0.934. The summed E-state index contributed by atoms with van der Waals surface area (Å²) in [4.78, 5) is 0. The topological polar surface area (TPSA) is 55.9 Å². The molecule has 0 aliphatic heterocycles. The molecule has 0 amide bonds. The van der Waals surface area contributed by atoms with Crippen LogP contribution >= 0.6 is 0 Å². The van der Waals surface area contributed by atoms with Crippen molar-refractivity contribution < 1.29 is 8.78 Å². The van der Waals surface area contributed by atoms with Crippen molar-refractivity contribution >= 4 is 17.2 Å². The molecule has 3 N–H and O–H groups in total. The lowest BCUT2D eigenvalue weighted by molar-refractivity contribution is 0.510. The summed E-state index contributed by atoms with van der Waals surface area (Å²) < 4.78 is 28.5. The van der Waals surface area contributed by atoms with Crippen LogP contribution in [0.25, 0.3) is 0 Å². The fourth-order valence-electron chi connectivity index (χ4n) is 1.79. The van der Waals surface area contributed by atoms with E-state index >= 15 is 0 Å². The van der Waals surface area contributed by atoms with E-state index in [1.54, 1.807) is 11.6 Å². The van der Waals surface area contributed by atoms with E-state index in [4.69, 9.17) is 5.73 Å². The Balaban J connectivity index is 2.46. The standard InChI is InChI=1S/C13H16F2N4/c1-7(2)19-13(12(16)8(3)18-19)17-10-6-4-5-9(14)11(10)15/h4-7,17H,16H2,1-3H3. The second-order valence-electron chi connectivity index (χ2n) is 4.61. The second kappa shape index (κ2) is 4.87. The zero-order valence-corrected chi connectivity index (χ0v) is 11.0. The molecule has 0 fully saturated rings. The Morgan fingerprint density at radius 1 is 1.32 bits per heavy atom. The molecule has 4 nitrogen and oxygen atoms in total. The van der Waals surface area contributed by atoms with Crippen LogP contribution in [0.2, 0.25) is 0 Å². The molecule has 0 saturated carbocycles. The van der Waals surface area contributed by atoms with Crippen LogP contribution in [-0.4, -0.2) is 9.78 Å².